The van der Waals surface area contributed by atoms with Crippen LogP contribution >= 0.6 is 0 Å². The molecule has 0 aliphatic carbocycles. The van der Waals surface area contributed by atoms with E-state index in [4.69, 9.17) is 4.42 Å². The second-order valence-electron chi connectivity index (χ2n) is 6.72. The molecular weight excluding hydrogens is 370 g/mol. The SMILES string of the molecule is O=C(C[C@H](c1ccccc1[N+](=O)[O-])c1c[nH]c2ccccc12)NCc1ccco1. The lowest BCUT2D eigenvalue weighted by molar-refractivity contribution is -0.385. The topological polar surface area (TPSA) is 101 Å². The minimum Gasteiger partial charge on any atom is -0.467 e. The molecule has 0 saturated carbocycles. The summed E-state index contributed by atoms with van der Waals surface area (Å²) in [5.41, 5.74) is 2.28. The maximum absolute atomic E-state index is 12.7. The molecule has 0 aliphatic heterocycles. The second kappa shape index (κ2) is 8.02. The summed E-state index contributed by atoms with van der Waals surface area (Å²) < 4.78 is 5.24. The van der Waals surface area contributed by atoms with Crippen molar-refractivity contribution < 1.29 is 14.1 Å². The number of nitrogens with one attached hydrogen (secondary N) is 2. The van der Waals surface area contributed by atoms with Crippen LogP contribution in [0.25, 0.3) is 10.9 Å². The molecule has 1 amide bonds. The summed E-state index contributed by atoms with van der Waals surface area (Å²) in [5, 5.41) is 15.4. The highest BCUT2D eigenvalue weighted by Crippen LogP contribution is 2.37. The first-order chi connectivity index (χ1) is 14.1. The fourth-order valence-corrected chi connectivity index (χ4v) is 3.57. The van der Waals surface area contributed by atoms with Gasteiger partial charge in [-0.15, -0.1) is 0 Å². The van der Waals surface area contributed by atoms with Crippen molar-refractivity contribution in [2.24, 2.45) is 0 Å². The molecule has 0 bridgehead atoms. The molecule has 29 heavy (non-hydrogen) atoms. The number of para-hydroxylation sites is 2. The monoisotopic (exact) mass is 389 g/mol. The molecule has 0 fully saturated rings. The number of rotatable bonds is 7. The minimum absolute atomic E-state index is 0.00150. The molecule has 0 saturated heterocycles. The number of H-pyrrole nitrogens is 1. The van der Waals surface area contributed by atoms with E-state index < -0.39 is 10.8 Å². The van der Waals surface area contributed by atoms with Gasteiger partial charge in [0.25, 0.3) is 5.69 Å². The van der Waals surface area contributed by atoms with Gasteiger partial charge in [0.15, 0.2) is 0 Å². The Hall–Kier alpha value is -3.87. The molecule has 7 heteroatoms. The first-order valence-corrected chi connectivity index (χ1v) is 9.22. The van der Waals surface area contributed by atoms with Gasteiger partial charge in [-0.3, -0.25) is 14.9 Å². The van der Waals surface area contributed by atoms with Crippen LogP contribution in [0.15, 0.2) is 77.5 Å². The first-order valence-electron chi connectivity index (χ1n) is 9.22. The van der Waals surface area contributed by atoms with Crippen LogP contribution in [0.2, 0.25) is 0 Å². The molecule has 0 aliphatic rings. The predicted octanol–water partition coefficient (Wildman–Crippen LogP) is 4.51. The minimum atomic E-state index is -0.468. The van der Waals surface area contributed by atoms with Crippen LogP contribution in [0.4, 0.5) is 5.69 Å². The van der Waals surface area contributed by atoms with Gasteiger partial charge < -0.3 is 14.7 Å². The molecule has 0 unspecified atom stereocenters. The number of nitro groups is 1. The summed E-state index contributed by atoms with van der Waals surface area (Å²) in [7, 11) is 0. The van der Waals surface area contributed by atoms with E-state index in [0.29, 0.717) is 11.3 Å². The molecule has 7 nitrogen and oxygen atoms in total. The maximum atomic E-state index is 12.7. The molecule has 2 heterocycles. The fraction of sp³-hybridized carbons (Fsp3) is 0.136. The molecule has 2 N–H and O–H groups in total. The van der Waals surface area contributed by atoms with Gasteiger partial charge in [-0.05, 0) is 23.8 Å². The van der Waals surface area contributed by atoms with E-state index in [1.165, 1.54) is 6.07 Å². The number of benzene rings is 2. The highest BCUT2D eigenvalue weighted by atomic mass is 16.6. The highest BCUT2D eigenvalue weighted by Gasteiger charge is 2.27. The average Bonchev–Trinajstić information content (AvgIpc) is 3.40. The summed E-state index contributed by atoms with van der Waals surface area (Å²) in [4.78, 5) is 27.1. The number of nitro benzene ring substituents is 1. The zero-order valence-corrected chi connectivity index (χ0v) is 15.5. The van der Waals surface area contributed by atoms with E-state index in [2.05, 4.69) is 10.3 Å². The summed E-state index contributed by atoms with van der Waals surface area (Å²) in [6.45, 7) is 0.267. The molecular formula is C22H19N3O4. The first kappa shape index (κ1) is 18.5. The Morgan fingerprint density at radius 1 is 1.07 bits per heavy atom. The number of furan rings is 1. The van der Waals surface area contributed by atoms with E-state index in [1.54, 1.807) is 36.6 Å². The lowest BCUT2D eigenvalue weighted by atomic mass is 9.87. The van der Waals surface area contributed by atoms with Gasteiger partial charge in [-0.2, -0.15) is 0 Å². The number of aromatic amines is 1. The molecule has 2 aromatic carbocycles. The summed E-state index contributed by atoms with van der Waals surface area (Å²) in [5.74, 6) is -0.0353. The van der Waals surface area contributed by atoms with Crippen molar-refractivity contribution in [2.45, 2.75) is 18.9 Å². The van der Waals surface area contributed by atoms with Crippen LogP contribution < -0.4 is 5.32 Å². The lowest BCUT2D eigenvalue weighted by Crippen LogP contribution is -2.25. The lowest BCUT2D eigenvalue weighted by Gasteiger charge is -2.17. The zero-order chi connectivity index (χ0) is 20.2. The number of fused-ring (bicyclic) bond motifs is 1. The van der Waals surface area contributed by atoms with Gasteiger partial charge in [0.05, 0.1) is 17.7 Å². The van der Waals surface area contributed by atoms with Crippen LogP contribution in [-0.2, 0) is 11.3 Å². The predicted molar refractivity (Wildman–Crippen MR) is 108 cm³/mol. The van der Waals surface area contributed by atoms with Crippen molar-refractivity contribution in [3.05, 3.63) is 100 Å². The van der Waals surface area contributed by atoms with Crippen LogP contribution in [-0.4, -0.2) is 15.8 Å². The van der Waals surface area contributed by atoms with Gasteiger partial charge >= 0.3 is 0 Å². The third kappa shape index (κ3) is 3.89. The number of carbonyl (C=O) groups excluding carboxylic acids is 1. The van der Waals surface area contributed by atoms with Gasteiger partial charge in [-0.25, -0.2) is 0 Å². The third-order valence-corrected chi connectivity index (χ3v) is 4.93. The maximum Gasteiger partial charge on any atom is 0.273 e. The number of hydrogen-bond acceptors (Lipinski definition) is 4. The van der Waals surface area contributed by atoms with Gasteiger partial charge in [-0.1, -0.05) is 36.4 Å². The third-order valence-electron chi connectivity index (χ3n) is 4.93. The Morgan fingerprint density at radius 3 is 2.66 bits per heavy atom. The van der Waals surface area contributed by atoms with Crippen LogP contribution in [0.3, 0.4) is 0 Å². The number of nitrogens with zero attached hydrogens (tertiary/aromatic N) is 1. The van der Waals surface area contributed by atoms with Crippen molar-refractivity contribution >= 4 is 22.5 Å². The van der Waals surface area contributed by atoms with Crippen molar-refractivity contribution in [3.8, 4) is 0 Å². The number of hydrogen-bond donors (Lipinski definition) is 2. The Labute approximate surface area is 166 Å². The smallest absolute Gasteiger partial charge is 0.273 e. The van der Waals surface area contributed by atoms with Crippen LogP contribution in [0.1, 0.15) is 29.2 Å². The van der Waals surface area contributed by atoms with E-state index in [0.717, 1.165) is 16.5 Å². The van der Waals surface area contributed by atoms with Gasteiger partial charge in [0, 0.05) is 41.1 Å². The quantitative estimate of drug-likeness (QED) is 0.359. The Balaban J connectivity index is 1.70. The molecule has 0 radical (unpaired) electrons. The standard InChI is InChI=1S/C22H19N3O4/c26-22(24-13-15-6-5-11-29-15)12-18(17-8-2-4-10-21(17)25(27)28)19-14-23-20-9-3-1-7-16(19)20/h1-11,14,18,23H,12-13H2,(H,24,26)/t18-/m1/s1. The molecule has 2 aromatic heterocycles. The Kier molecular flexibility index (Phi) is 5.11. The number of amides is 1. The Morgan fingerprint density at radius 2 is 1.86 bits per heavy atom. The number of aromatic nitrogens is 1. The summed E-state index contributed by atoms with van der Waals surface area (Å²) in [6, 6.07) is 17.8. The van der Waals surface area contributed by atoms with Gasteiger partial charge in [0.1, 0.15) is 5.76 Å². The molecule has 0 spiro atoms. The molecule has 4 rings (SSSR count). The Bertz CT molecular complexity index is 1150. The van der Waals surface area contributed by atoms with Gasteiger partial charge in [0.2, 0.25) is 5.91 Å². The van der Waals surface area contributed by atoms with Crippen molar-refractivity contribution in [1.82, 2.24) is 10.3 Å². The van der Waals surface area contributed by atoms with Crippen LogP contribution in [0, 0.1) is 10.1 Å². The van der Waals surface area contributed by atoms with Crippen molar-refractivity contribution in [2.75, 3.05) is 0 Å². The average molecular weight is 389 g/mol. The highest BCUT2D eigenvalue weighted by molar-refractivity contribution is 5.86. The van der Waals surface area contributed by atoms with E-state index in [1.807, 2.05) is 30.5 Å². The molecule has 1 atom stereocenters. The fourth-order valence-electron chi connectivity index (χ4n) is 3.57. The largest absolute Gasteiger partial charge is 0.467 e. The molecule has 4 aromatic rings. The van der Waals surface area contributed by atoms with Crippen molar-refractivity contribution in [1.29, 1.82) is 0 Å². The normalized spacial score (nSPS) is 12.0. The molecule has 146 valence electrons. The zero-order valence-electron chi connectivity index (χ0n) is 15.5. The van der Waals surface area contributed by atoms with E-state index >= 15 is 0 Å². The van der Waals surface area contributed by atoms with E-state index in [-0.39, 0.29) is 24.6 Å². The second-order valence-corrected chi connectivity index (χ2v) is 6.72. The van der Waals surface area contributed by atoms with Crippen molar-refractivity contribution in [3.63, 3.8) is 0 Å². The summed E-state index contributed by atoms with van der Waals surface area (Å²) >= 11 is 0. The number of carbonyl (C=O) groups is 1. The summed E-state index contributed by atoms with van der Waals surface area (Å²) in [6.07, 6.45) is 3.45. The van der Waals surface area contributed by atoms with Crippen LogP contribution in [0.5, 0.6) is 0 Å². The van der Waals surface area contributed by atoms with E-state index in [9.17, 15) is 14.9 Å².